The van der Waals surface area contributed by atoms with E-state index in [2.05, 4.69) is 17.9 Å². The number of thiol groups is 1. The van der Waals surface area contributed by atoms with Crippen LogP contribution in [0.1, 0.15) is 26.2 Å². The minimum atomic E-state index is -0.941. The molecule has 1 rings (SSSR count). The van der Waals surface area contributed by atoms with Gasteiger partial charge in [-0.2, -0.15) is 12.6 Å². The van der Waals surface area contributed by atoms with Gasteiger partial charge in [0.15, 0.2) is 0 Å². The number of carbonyl (C=O) groups is 2. The van der Waals surface area contributed by atoms with E-state index in [9.17, 15) is 9.59 Å². The molecule has 0 aromatic rings. The number of aliphatic carboxylic acids is 1. The molecule has 0 heterocycles. The van der Waals surface area contributed by atoms with E-state index in [4.69, 9.17) is 5.11 Å². The molecule has 90 valence electrons. The topological polar surface area (TPSA) is 66.4 Å². The average molecular weight is 243 g/mol. The van der Waals surface area contributed by atoms with Crippen LogP contribution in [0.2, 0.25) is 0 Å². The lowest BCUT2D eigenvalue weighted by molar-refractivity contribution is -0.145. The van der Waals surface area contributed by atoms with E-state index in [1.54, 1.807) is 6.08 Å². The number of rotatable bonds is 4. The standard InChI is InChI=1S/C11H17NO3S/c1-2-9(16)12-10(13)7-5-3-4-6-8(7)11(14)15/h4,6-9,16H,2-3,5H2,1H3,(H,12,13)(H,14,15). The van der Waals surface area contributed by atoms with Crippen molar-refractivity contribution < 1.29 is 14.7 Å². The van der Waals surface area contributed by atoms with Gasteiger partial charge in [-0.1, -0.05) is 19.1 Å². The lowest BCUT2D eigenvalue weighted by atomic mass is 9.83. The molecule has 0 radical (unpaired) electrons. The maximum Gasteiger partial charge on any atom is 0.311 e. The molecule has 5 heteroatoms. The van der Waals surface area contributed by atoms with E-state index in [0.717, 1.165) is 12.8 Å². The predicted molar refractivity (Wildman–Crippen MR) is 64.2 cm³/mol. The first-order valence-corrected chi connectivity index (χ1v) is 5.95. The van der Waals surface area contributed by atoms with E-state index >= 15 is 0 Å². The Balaban J connectivity index is 2.66. The van der Waals surface area contributed by atoms with E-state index in [1.807, 2.05) is 13.0 Å². The van der Waals surface area contributed by atoms with Gasteiger partial charge in [0.1, 0.15) is 0 Å². The minimum Gasteiger partial charge on any atom is -0.481 e. The lowest BCUT2D eigenvalue weighted by Crippen LogP contribution is -2.41. The molecular weight excluding hydrogens is 226 g/mol. The Morgan fingerprint density at radius 2 is 2.31 bits per heavy atom. The summed E-state index contributed by atoms with van der Waals surface area (Å²) < 4.78 is 0. The SMILES string of the molecule is CCC(S)NC(=O)C1CCC=CC1C(=O)O. The maximum absolute atomic E-state index is 11.8. The van der Waals surface area contributed by atoms with Crippen LogP contribution in [0.4, 0.5) is 0 Å². The number of hydrogen-bond donors (Lipinski definition) is 3. The second-order valence-corrected chi connectivity index (χ2v) is 4.53. The smallest absolute Gasteiger partial charge is 0.311 e. The highest BCUT2D eigenvalue weighted by atomic mass is 32.1. The first-order chi connectivity index (χ1) is 7.56. The van der Waals surface area contributed by atoms with Crippen LogP contribution < -0.4 is 5.32 Å². The van der Waals surface area contributed by atoms with Crippen molar-refractivity contribution in [2.45, 2.75) is 31.6 Å². The molecule has 0 aliphatic heterocycles. The van der Waals surface area contributed by atoms with Crippen molar-refractivity contribution in [3.8, 4) is 0 Å². The molecule has 0 spiro atoms. The summed E-state index contributed by atoms with van der Waals surface area (Å²) in [6.07, 6.45) is 5.49. The van der Waals surface area contributed by atoms with Crippen LogP contribution >= 0.6 is 12.6 Å². The zero-order chi connectivity index (χ0) is 12.1. The van der Waals surface area contributed by atoms with Crippen molar-refractivity contribution in [1.82, 2.24) is 5.32 Å². The number of carboxylic acid groups (broad SMARTS) is 1. The summed E-state index contributed by atoms with van der Waals surface area (Å²) in [4.78, 5) is 22.8. The van der Waals surface area contributed by atoms with Crippen molar-refractivity contribution in [3.05, 3.63) is 12.2 Å². The number of carboxylic acids is 1. The van der Waals surface area contributed by atoms with Gasteiger partial charge in [-0.05, 0) is 19.3 Å². The Hall–Kier alpha value is -0.970. The molecule has 3 unspecified atom stereocenters. The third kappa shape index (κ3) is 3.27. The summed E-state index contributed by atoms with van der Waals surface area (Å²) in [5, 5.41) is 11.5. The molecule has 0 bridgehead atoms. The highest BCUT2D eigenvalue weighted by Gasteiger charge is 2.33. The Labute approximate surface area is 101 Å². The summed E-state index contributed by atoms with van der Waals surface area (Å²) >= 11 is 4.17. The molecule has 0 saturated heterocycles. The molecule has 1 aliphatic carbocycles. The second kappa shape index (κ2) is 5.94. The van der Waals surface area contributed by atoms with Gasteiger partial charge in [0.05, 0.1) is 17.2 Å². The van der Waals surface area contributed by atoms with Gasteiger partial charge < -0.3 is 10.4 Å². The average Bonchev–Trinajstić information content (AvgIpc) is 2.28. The van der Waals surface area contributed by atoms with Gasteiger partial charge in [-0.3, -0.25) is 9.59 Å². The monoisotopic (exact) mass is 243 g/mol. The molecule has 0 aromatic heterocycles. The van der Waals surface area contributed by atoms with E-state index < -0.39 is 17.8 Å². The van der Waals surface area contributed by atoms with E-state index in [-0.39, 0.29) is 11.3 Å². The van der Waals surface area contributed by atoms with E-state index in [0.29, 0.717) is 6.42 Å². The van der Waals surface area contributed by atoms with Gasteiger partial charge in [0.25, 0.3) is 0 Å². The largest absolute Gasteiger partial charge is 0.481 e. The summed E-state index contributed by atoms with van der Waals surface area (Å²) in [6, 6.07) is 0. The third-order valence-corrected chi connectivity index (χ3v) is 3.23. The number of allylic oxidation sites excluding steroid dienone is 1. The molecule has 2 N–H and O–H groups in total. The van der Waals surface area contributed by atoms with Crippen molar-refractivity contribution in [3.63, 3.8) is 0 Å². The predicted octanol–water partition coefficient (Wildman–Crippen LogP) is 1.44. The molecule has 16 heavy (non-hydrogen) atoms. The van der Waals surface area contributed by atoms with Crippen LogP contribution in [-0.4, -0.2) is 22.4 Å². The summed E-state index contributed by atoms with van der Waals surface area (Å²) in [7, 11) is 0. The zero-order valence-electron chi connectivity index (χ0n) is 9.22. The second-order valence-electron chi connectivity index (χ2n) is 3.91. The van der Waals surface area contributed by atoms with Crippen LogP contribution in [0.3, 0.4) is 0 Å². The van der Waals surface area contributed by atoms with Crippen LogP contribution in [0.5, 0.6) is 0 Å². The van der Waals surface area contributed by atoms with Crippen LogP contribution in [-0.2, 0) is 9.59 Å². The Kier molecular flexibility index (Phi) is 4.86. The zero-order valence-corrected chi connectivity index (χ0v) is 10.1. The first-order valence-electron chi connectivity index (χ1n) is 5.44. The van der Waals surface area contributed by atoms with Gasteiger partial charge in [0, 0.05) is 0 Å². The van der Waals surface area contributed by atoms with Crippen molar-refractivity contribution in [2.24, 2.45) is 11.8 Å². The molecule has 3 atom stereocenters. The normalized spacial score (nSPS) is 26.1. The summed E-state index contributed by atoms with van der Waals surface area (Å²) in [5.41, 5.74) is 0. The third-order valence-electron chi connectivity index (χ3n) is 2.74. The number of amides is 1. The minimum absolute atomic E-state index is 0.201. The fourth-order valence-corrected chi connectivity index (χ4v) is 1.88. The van der Waals surface area contributed by atoms with Crippen LogP contribution in [0.25, 0.3) is 0 Å². The summed E-state index contributed by atoms with van der Waals surface area (Å²) in [5.74, 6) is -2.32. The number of hydrogen-bond acceptors (Lipinski definition) is 3. The van der Waals surface area contributed by atoms with Crippen molar-refractivity contribution in [2.75, 3.05) is 0 Å². The Bertz CT molecular complexity index is 304. The van der Waals surface area contributed by atoms with Gasteiger partial charge >= 0.3 is 5.97 Å². The molecule has 0 fully saturated rings. The summed E-state index contributed by atoms with van der Waals surface area (Å²) in [6.45, 7) is 1.91. The van der Waals surface area contributed by atoms with Crippen LogP contribution in [0, 0.1) is 11.8 Å². The first kappa shape index (κ1) is 13.1. The Morgan fingerprint density at radius 3 is 2.88 bits per heavy atom. The number of nitrogens with one attached hydrogen (secondary N) is 1. The molecule has 1 amide bonds. The fourth-order valence-electron chi connectivity index (χ4n) is 1.75. The van der Waals surface area contributed by atoms with Crippen molar-refractivity contribution >= 4 is 24.5 Å². The quantitative estimate of drug-likeness (QED) is 0.397. The van der Waals surface area contributed by atoms with Gasteiger partial charge in [-0.15, -0.1) is 0 Å². The molecule has 1 aliphatic rings. The van der Waals surface area contributed by atoms with Crippen molar-refractivity contribution in [1.29, 1.82) is 0 Å². The highest BCUT2D eigenvalue weighted by Crippen LogP contribution is 2.25. The molecule has 0 saturated carbocycles. The highest BCUT2D eigenvalue weighted by molar-refractivity contribution is 7.80. The fraction of sp³-hybridized carbons (Fsp3) is 0.636. The van der Waals surface area contributed by atoms with E-state index in [1.165, 1.54) is 0 Å². The number of carbonyl (C=O) groups excluding carboxylic acids is 1. The van der Waals surface area contributed by atoms with Gasteiger partial charge in [0.2, 0.25) is 5.91 Å². The molecule has 4 nitrogen and oxygen atoms in total. The Morgan fingerprint density at radius 1 is 1.62 bits per heavy atom. The van der Waals surface area contributed by atoms with Gasteiger partial charge in [-0.25, -0.2) is 0 Å². The lowest BCUT2D eigenvalue weighted by Gasteiger charge is -2.24. The molecular formula is C11H17NO3S. The maximum atomic E-state index is 11.8. The molecule has 0 aromatic carbocycles. The van der Waals surface area contributed by atoms with Crippen LogP contribution in [0.15, 0.2) is 12.2 Å².